The van der Waals surface area contributed by atoms with Crippen LogP contribution in [0.5, 0.6) is 0 Å². The highest BCUT2D eigenvalue weighted by Gasteiger charge is 2.23. The molecule has 2 unspecified atom stereocenters. The molecule has 3 nitrogen and oxygen atoms in total. The number of aliphatic hydroxyl groups is 1. The van der Waals surface area contributed by atoms with Gasteiger partial charge in [0.2, 0.25) is 0 Å². The number of aliphatic hydroxyl groups excluding tert-OH is 1. The summed E-state index contributed by atoms with van der Waals surface area (Å²) in [7, 11) is 0. The molecular weight excluding hydrogens is 280 g/mol. The Balaban J connectivity index is 1.99. The van der Waals surface area contributed by atoms with Crippen molar-refractivity contribution >= 4 is 33.7 Å². The standard InChI is InChI=1S/C17H20N2OS/c18-17(21)13-9-10-14(12-6-2-1-5-11(12)13)19-15-7-3-4-8-16(15)20/h1-2,5-6,9-10,15-16,19-20H,3-4,7-8H2,(H2,18,21). The van der Waals surface area contributed by atoms with Crippen molar-refractivity contribution in [3.8, 4) is 0 Å². The van der Waals surface area contributed by atoms with Crippen molar-refractivity contribution in [2.24, 2.45) is 5.73 Å². The summed E-state index contributed by atoms with van der Waals surface area (Å²) in [5.74, 6) is 0. The predicted molar refractivity (Wildman–Crippen MR) is 91.7 cm³/mol. The van der Waals surface area contributed by atoms with Crippen LogP contribution in [0.2, 0.25) is 0 Å². The normalized spacial score (nSPS) is 22.1. The number of anilines is 1. The molecule has 1 saturated carbocycles. The lowest BCUT2D eigenvalue weighted by Gasteiger charge is -2.29. The van der Waals surface area contributed by atoms with Crippen molar-refractivity contribution in [2.75, 3.05) is 5.32 Å². The minimum absolute atomic E-state index is 0.123. The van der Waals surface area contributed by atoms with E-state index in [4.69, 9.17) is 18.0 Å². The van der Waals surface area contributed by atoms with E-state index in [0.717, 1.165) is 47.7 Å². The zero-order chi connectivity index (χ0) is 14.8. The molecular formula is C17H20N2OS. The van der Waals surface area contributed by atoms with Crippen LogP contribution in [0.4, 0.5) is 5.69 Å². The summed E-state index contributed by atoms with van der Waals surface area (Å²) in [4.78, 5) is 0.412. The van der Waals surface area contributed by atoms with Gasteiger partial charge in [-0.25, -0.2) is 0 Å². The topological polar surface area (TPSA) is 58.3 Å². The summed E-state index contributed by atoms with van der Waals surface area (Å²) in [6, 6.07) is 12.2. The molecule has 0 heterocycles. The number of nitrogens with one attached hydrogen (secondary N) is 1. The number of hydrogen-bond donors (Lipinski definition) is 3. The fourth-order valence-corrected chi connectivity index (χ4v) is 3.30. The highest BCUT2D eigenvalue weighted by atomic mass is 32.1. The molecule has 0 spiro atoms. The van der Waals surface area contributed by atoms with Gasteiger partial charge in [0.05, 0.1) is 12.1 Å². The van der Waals surface area contributed by atoms with Gasteiger partial charge in [0, 0.05) is 16.6 Å². The second-order valence-corrected chi connectivity index (χ2v) is 6.11. The van der Waals surface area contributed by atoms with Crippen molar-refractivity contribution in [1.82, 2.24) is 0 Å². The first-order chi connectivity index (χ1) is 10.2. The number of hydrogen-bond acceptors (Lipinski definition) is 3. The zero-order valence-corrected chi connectivity index (χ0v) is 12.7. The highest BCUT2D eigenvalue weighted by Crippen LogP contribution is 2.29. The molecule has 0 aliphatic heterocycles. The number of rotatable bonds is 3. The lowest BCUT2D eigenvalue weighted by atomic mass is 9.92. The largest absolute Gasteiger partial charge is 0.391 e. The molecule has 1 aliphatic rings. The van der Waals surface area contributed by atoms with Crippen LogP contribution >= 0.6 is 12.2 Å². The molecule has 0 bridgehead atoms. The highest BCUT2D eigenvalue weighted by molar-refractivity contribution is 7.80. The summed E-state index contributed by atoms with van der Waals surface area (Å²) in [5.41, 5.74) is 7.74. The first-order valence-electron chi connectivity index (χ1n) is 7.43. The Morgan fingerprint density at radius 3 is 2.52 bits per heavy atom. The average molecular weight is 300 g/mol. The van der Waals surface area contributed by atoms with Gasteiger partial charge in [0.25, 0.3) is 0 Å². The van der Waals surface area contributed by atoms with Crippen LogP contribution in [0, 0.1) is 0 Å². The number of thiocarbonyl (C=S) groups is 1. The van der Waals surface area contributed by atoms with Crippen molar-refractivity contribution in [3.05, 3.63) is 42.0 Å². The monoisotopic (exact) mass is 300 g/mol. The van der Waals surface area contributed by atoms with Crippen LogP contribution in [0.3, 0.4) is 0 Å². The number of benzene rings is 2. The van der Waals surface area contributed by atoms with Gasteiger partial charge in [0.1, 0.15) is 4.99 Å². The maximum Gasteiger partial charge on any atom is 0.104 e. The molecule has 0 aromatic heterocycles. The molecule has 4 N–H and O–H groups in total. The van der Waals surface area contributed by atoms with Gasteiger partial charge < -0.3 is 16.2 Å². The molecule has 3 rings (SSSR count). The minimum Gasteiger partial charge on any atom is -0.391 e. The third-order valence-electron chi connectivity index (χ3n) is 4.26. The summed E-state index contributed by atoms with van der Waals surface area (Å²) < 4.78 is 0. The Bertz CT molecular complexity index is 671. The first kappa shape index (κ1) is 14.3. The molecule has 0 amide bonds. The molecule has 2 aromatic carbocycles. The van der Waals surface area contributed by atoms with E-state index in [1.54, 1.807) is 0 Å². The second kappa shape index (κ2) is 6.00. The third-order valence-corrected chi connectivity index (χ3v) is 4.48. The Morgan fingerprint density at radius 1 is 1.10 bits per heavy atom. The average Bonchev–Trinajstić information content (AvgIpc) is 2.49. The van der Waals surface area contributed by atoms with Crippen LogP contribution < -0.4 is 11.1 Å². The SMILES string of the molecule is NC(=S)c1ccc(NC2CCCCC2O)c2ccccc12. The van der Waals surface area contributed by atoms with E-state index in [1.807, 2.05) is 30.3 Å². The zero-order valence-electron chi connectivity index (χ0n) is 11.9. The van der Waals surface area contributed by atoms with Gasteiger partial charge in [0.15, 0.2) is 0 Å². The van der Waals surface area contributed by atoms with E-state index in [1.165, 1.54) is 0 Å². The summed E-state index contributed by atoms with van der Waals surface area (Å²) in [6.45, 7) is 0. The molecule has 2 atom stereocenters. The Morgan fingerprint density at radius 2 is 1.81 bits per heavy atom. The van der Waals surface area contributed by atoms with Crippen LogP contribution in [0.15, 0.2) is 36.4 Å². The van der Waals surface area contributed by atoms with Gasteiger partial charge in [-0.3, -0.25) is 0 Å². The van der Waals surface area contributed by atoms with Crippen LogP contribution in [-0.4, -0.2) is 22.2 Å². The lowest BCUT2D eigenvalue weighted by molar-refractivity contribution is 0.116. The van der Waals surface area contributed by atoms with E-state index in [2.05, 4.69) is 11.4 Å². The number of nitrogens with two attached hydrogens (primary N) is 1. The Hall–Kier alpha value is -1.65. The van der Waals surface area contributed by atoms with Crippen LogP contribution in [-0.2, 0) is 0 Å². The second-order valence-electron chi connectivity index (χ2n) is 5.67. The van der Waals surface area contributed by atoms with Gasteiger partial charge >= 0.3 is 0 Å². The lowest BCUT2D eigenvalue weighted by Crippen LogP contribution is -2.36. The molecule has 1 fully saturated rings. The summed E-state index contributed by atoms with van der Waals surface area (Å²) in [6.07, 6.45) is 3.89. The Labute approximate surface area is 130 Å². The Kier molecular flexibility index (Phi) is 4.08. The van der Waals surface area contributed by atoms with Crippen molar-refractivity contribution in [3.63, 3.8) is 0 Å². The smallest absolute Gasteiger partial charge is 0.104 e. The van der Waals surface area contributed by atoms with Crippen molar-refractivity contribution in [2.45, 2.75) is 37.8 Å². The van der Waals surface area contributed by atoms with Gasteiger partial charge in [-0.15, -0.1) is 0 Å². The van der Waals surface area contributed by atoms with E-state index in [-0.39, 0.29) is 12.1 Å². The van der Waals surface area contributed by atoms with Gasteiger partial charge in [-0.05, 0) is 30.4 Å². The van der Waals surface area contributed by atoms with E-state index in [9.17, 15) is 5.11 Å². The molecule has 21 heavy (non-hydrogen) atoms. The van der Waals surface area contributed by atoms with Crippen LogP contribution in [0.25, 0.3) is 10.8 Å². The first-order valence-corrected chi connectivity index (χ1v) is 7.84. The fraction of sp³-hybridized carbons (Fsp3) is 0.353. The van der Waals surface area contributed by atoms with E-state index in [0.29, 0.717) is 4.99 Å². The maximum absolute atomic E-state index is 10.1. The number of fused-ring (bicyclic) bond motifs is 1. The summed E-state index contributed by atoms with van der Waals surface area (Å²) in [5, 5.41) is 15.8. The van der Waals surface area contributed by atoms with Gasteiger partial charge in [-0.1, -0.05) is 49.3 Å². The predicted octanol–water partition coefficient (Wildman–Crippen LogP) is 3.19. The molecule has 2 aromatic rings. The fourth-order valence-electron chi connectivity index (χ4n) is 3.12. The molecule has 110 valence electrons. The molecule has 4 heteroatoms. The van der Waals surface area contributed by atoms with Crippen LogP contribution in [0.1, 0.15) is 31.2 Å². The summed E-state index contributed by atoms with van der Waals surface area (Å²) >= 11 is 5.13. The van der Waals surface area contributed by atoms with E-state index >= 15 is 0 Å². The van der Waals surface area contributed by atoms with Crippen molar-refractivity contribution in [1.29, 1.82) is 0 Å². The van der Waals surface area contributed by atoms with Gasteiger partial charge in [-0.2, -0.15) is 0 Å². The van der Waals surface area contributed by atoms with E-state index < -0.39 is 0 Å². The molecule has 0 saturated heterocycles. The minimum atomic E-state index is -0.271. The quantitative estimate of drug-likeness (QED) is 0.762. The molecule has 1 aliphatic carbocycles. The molecule has 0 radical (unpaired) electrons. The maximum atomic E-state index is 10.1. The third kappa shape index (κ3) is 2.87. The van der Waals surface area contributed by atoms with Crippen molar-refractivity contribution < 1.29 is 5.11 Å².